The van der Waals surface area contributed by atoms with Crippen molar-refractivity contribution in [3.8, 4) is 0 Å². The first-order chi connectivity index (χ1) is 6.08. The lowest BCUT2D eigenvalue weighted by molar-refractivity contribution is -0.136. The molecule has 0 saturated heterocycles. The van der Waals surface area contributed by atoms with Gasteiger partial charge < -0.3 is 9.52 Å². The summed E-state index contributed by atoms with van der Waals surface area (Å²) in [5.41, 5.74) is 0.825. The van der Waals surface area contributed by atoms with Crippen LogP contribution in [0.3, 0.4) is 0 Å². The number of rotatable bonds is 4. The highest BCUT2D eigenvalue weighted by molar-refractivity contribution is 5.68. The molecule has 1 N–H and O–H groups in total. The maximum Gasteiger partial charge on any atom is 0.312 e. The lowest BCUT2D eigenvalue weighted by Gasteiger charge is -1.97. The normalized spacial score (nSPS) is 10.7. The maximum atomic E-state index is 10.3. The van der Waals surface area contributed by atoms with E-state index in [1.54, 1.807) is 0 Å². The van der Waals surface area contributed by atoms with Gasteiger partial charge in [-0.3, -0.25) is 4.79 Å². The van der Waals surface area contributed by atoms with Crippen LogP contribution in [0.15, 0.2) is 10.7 Å². The molecule has 0 atom stereocenters. The van der Waals surface area contributed by atoms with Gasteiger partial charge in [-0.25, -0.2) is 4.98 Å². The van der Waals surface area contributed by atoms with Crippen molar-refractivity contribution < 1.29 is 14.3 Å². The van der Waals surface area contributed by atoms with Crippen LogP contribution in [0.2, 0.25) is 0 Å². The highest BCUT2D eigenvalue weighted by Gasteiger charge is 2.08. The zero-order valence-electron chi connectivity index (χ0n) is 7.78. The minimum atomic E-state index is -0.919. The Hall–Kier alpha value is -1.32. The van der Waals surface area contributed by atoms with Crippen LogP contribution in [0.1, 0.15) is 25.4 Å². The highest BCUT2D eigenvalue weighted by Crippen LogP contribution is 2.08. The van der Waals surface area contributed by atoms with Gasteiger partial charge in [0.25, 0.3) is 0 Å². The number of hydrogen-bond acceptors (Lipinski definition) is 3. The standard InChI is InChI=1S/C9H13NO3/c1-6(2)3-7-5-13-8(10-7)4-9(11)12/h5-6H,3-4H2,1-2H3,(H,11,12). The van der Waals surface area contributed by atoms with E-state index in [2.05, 4.69) is 18.8 Å². The third-order valence-corrected chi connectivity index (χ3v) is 1.52. The summed E-state index contributed by atoms with van der Waals surface area (Å²) in [6.07, 6.45) is 2.21. The fraction of sp³-hybridized carbons (Fsp3) is 0.556. The molecule has 1 aromatic rings. The summed E-state index contributed by atoms with van der Waals surface area (Å²) in [7, 11) is 0. The van der Waals surface area contributed by atoms with E-state index in [9.17, 15) is 4.79 Å². The Balaban J connectivity index is 2.58. The first kappa shape index (κ1) is 9.77. The molecule has 1 rings (SSSR count). The minimum Gasteiger partial charge on any atom is -0.481 e. The Bertz CT molecular complexity index is 291. The average molecular weight is 183 g/mol. The molecule has 0 aromatic carbocycles. The van der Waals surface area contributed by atoms with Gasteiger partial charge in [0.1, 0.15) is 12.7 Å². The number of oxazole rings is 1. The molecule has 0 aliphatic carbocycles. The first-order valence-corrected chi connectivity index (χ1v) is 4.23. The molecular weight excluding hydrogens is 170 g/mol. The predicted molar refractivity (Wildman–Crippen MR) is 46.4 cm³/mol. The highest BCUT2D eigenvalue weighted by atomic mass is 16.4. The lowest BCUT2D eigenvalue weighted by Crippen LogP contribution is -2.01. The molecule has 0 unspecified atom stereocenters. The van der Waals surface area contributed by atoms with Crippen LogP contribution in [-0.4, -0.2) is 16.1 Å². The van der Waals surface area contributed by atoms with Crippen LogP contribution < -0.4 is 0 Å². The predicted octanol–water partition coefficient (Wildman–Crippen LogP) is 1.50. The molecule has 1 aromatic heterocycles. The molecular formula is C9H13NO3. The average Bonchev–Trinajstić information content (AvgIpc) is 2.33. The van der Waals surface area contributed by atoms with Crippen LogP contribution in [0.25, 0.3) is 0 Å². The van der Waals surface area contributed by atoms with E-state index in [1.165, 1.54) is 6.26 Å². The third kappa shape index (κ3) is 3.27. The summed E-state index contributed by atoms with van der Waals surface area (Å²) in [6.45, 7) is 4.15. The van der Waals surface area contributed by atoms with Gasteiger partial charge in [0.05, 0.1) is 5.69 Å². The fourth-order valence-electron chi connectivity index (χ4n) is 1.07. The zero-order chi connectivity index (χ0) is 9.84. The van der Waals surface area contributed by atoms with Crippen molar-refractivity contribution in [2.24, 2.45) is 5.92 Å². The van der Waals surface area contributed by atoms with Gasteiger partial charge in [-0.05, 0) is 12.3 Å². The van der Waals surface area contributed by atoms with Gasteiger partial charge in [0.15, 0.2) is 0 Å². The fourth-order valence-corrected chi connectivity index (χ4v) is 1.07. The molecule has 1 heterocycles. The first-order valence-electron chi connectivity index (χ1n) is 4.23. The summed E-state index contributed by atoms with van der Waals surface area (Å²) in [4.78, 5) is 14.3. The number of aliphatic carboxylic acids is 1. The van der Waals surface area contributed by atoms with Crippen LogP contribution in [0, 0.1) is 5.92 Å². The molecule has 0 radical (unpaired) electrons. The van der Waals surface area contributed by atoms with Gasteiger partial charge >= 0.3 is 5.97 Å². The molecule has 13 heavy (non-hydrogen) atoms. The maximum absolute atomic E-state index is 10.3. The van der Waals surface area contributed by atoms with Crippen molar-refractivity contribution >= 4 is 5.97 Å². The second-order valence-electron chi connectivity index (χ2n) is 3.40. The zero-order valence-corrected chi connectivity index (χ0v) is 7.78. The van der Waals surface area contributed by atoms with Crippen LogP contribution in [0.4, 0.5) is 0 Å². The topological polar surface area (TPSA) is 63.3 Å². The lowest BCUT2D eigenvalue weighted by atomic mass is 10.1. The number of carbonyl (C=O) groups is 1. The van der Waals surface area contributed by atoms with E-state index in [-0.39, 0.29) is 12.3 Å². The molecule has 0 aliphatic heterocycles. The second-order valence-corrected chi connectivity index (χ2v) is 3.40. The SMILES string of the molecule is CC(C)Cc1coc(CC(=O)O)n1. The molecule has 4 nitrogen and oxygen atoms in total. The Kier molecular flexibility index (Phi) is 3.06. The summed E-state index contributed by atoms with van der Waals surface area (Å²) >= 11 is 0. The van der Waals surface area contributed by atoms with Crippen molar-refractivity contribution in [2.45, 2.75) is 26.7 Å². The van der Waals surface area contributed by atoms with Crippen LogP contribution >= 0.6 is 0 Å². The van der Waals surface area contributed by atoms with E-state index in [0.717, 1.165) is 12.1 Å². The van der Waals surface area contributed by atoms with E-state index in [0.29, 0.717) is 5.92 Å². The molecule has 0 saturated carbocycles. The molecule has 0 aliphatic rings. The number of carboxylic acids is 1. The Labute approximate surface area is 76.6 Å². The summed E-state index contributed by atoms with van der Waals surface area (Å²) in [5, 5.41) is 8.46. The van der Waals surface area contributed by atoms with Crippen molar-refractivity contribution in [1.29, 1.82) is 0 Å². The van der Waals surface area contributed by atoms with Crippen molar-refractivity contribution in [3.05, 3.63) is 17.8 Å². The van der Waals surface area contributed by atoms with Gasteiger partial charge in [-0.15, -0.1) is 0 Å². The van der Waals surface area contributed by atoms with E-state index in [1.807, 2.05) is 0 Å². The van der Waals surface area contributed by atoms with Gasteiger partial charge in [-0.2, -0.15) is 0 Å². The summed E-state index contributed by atoms with van der Waals surface area (Å²) < 4.78 is 4.98. The van der Waals surface area contributed by atoms with E-state index < -0.39 is 5.97 Å². The third-order valence-electron chi connectivity index (χ3n) is 1.52. The minimum absolute atomic E-state index is 0.141. The monoisotopic (exact) mass is 183 g/mol. The molecule has 0 spiro atoms. The Morgan fingerprint density at radius 3 is 2.92 bits per heavy atom. The number of carboxylic acid groups (broad SMARTS) is 1. The summed E-state index contributed by atoms with van der Waals surface area (Å²) in [5.74, 6) is -0.135. The Morgan fingerprint density at radius 2 is 2.38 bits per heavy atom. The molecule has 4 heteroatoms. The van der Waals surface area contributed by atoms with Gasteiger partial charge in [0, 0.05) is 0 Å². The number of nitrogens with zero attached hydrogens (tertiary/aromatic N) is 1. The summed E-state index contributed by atoms with van der Waals surface area (Å²) in [6, 6.07) is 0. The van der Waals surface area contributed by atoms with Crippen LogP contribution in [-0.2, 0) is 17.6 Å². The van der Waals surface area contributed by atoms with Gasteiger partial charge in [-0.1, -0.05) is 13.8 Å². The quantitative estimate of drug-likeness (QED) is 0.768. The smallest absolute Gasteiger partial charge is 0.312 e. The van der Waals surface area contributed by atoms with Crippen LogP contribution in [0.5, 0.6) is 0 Å². The van der Waals surface area contributed by atoms with Crippen molar-refractivity contribution in [3.63, 3.8) is 0 Å². The second kappa shape index (κ2) is 4.07. The van der Waals surface area contributed by atoms with E-state index >= 15 is 0 Å². The molecule has 0 fully saturated rings. The van der Waals surface area contributed by atoms with Gasteiger partial charge in [0.2, 0.25) is 5.89 Å². The Morgan fingerprint density at radius 1 is 1.69 bits per heavy atom. The van der Waals surface area contributed by atoms with Crippen molar-refractivity contribution in [1.82, 2.24) is 4.98 Å². The number of aromatic nitrogens is 1. The number of hydrogen-bond donors (Lipinski definition) is 1. The molecule has 0 bridgehead atoms. The van der Waals surface area contributed by atoms with E-state index in [4.69, 9.17) is 9.52 Å². The molecule has 72 valence electrons. The largest absolute Gasteiger partial charge is 0.481 e. The van der Waals surface area contributed by atoms with Crippen molar-refractivity contribution in [2.75, 3.05) is 0 Å². The molecule has 0 amide bonds.